The van der Waals surface area contributed by atoms with Crippen molar-refractivity contribution in [2.45, 2.75) is 67.6 Å². The zero-order valence-electron chi connectivity index (χ0n) is 16.9. The van der Waals surface area contributed by atoms with Crippen LogP contribution in [0.4, 0.5) is 4.39 Å². The Morgan fingerprint density at radius 1 is 1.23 bits per heavy atom. The molecule has 0 bridgehead atoms. The molecule has 1 N–H and O–H groups in total. The minimum Gasteiger partial charge on any atom is -0.379 e. The average Bonchev–Trinajstić information content (AvgIpc) is 3.28. The lowest BCUT2D eigenvalue weighted by atomic mass is 10.1. The van der Waals surface area contributed by atoms with Gasteiger partial charge >= 0.3 is 0 Å². The lowest BCUT2D eigenvalue weighted by molar-refractivity contribution is 0.490. The van der Waals surface area contributed by atoms with Crippen LogP contribution in [-0.2, 0) is 13.2 Å². The van der Waals surface area contributed by atoms with E-state index in [1.807, 2.05) is 20.8 Å². The predicted octanol–water partition coefficient (Wildman–Crippen LogP) is 7.80. The first-order valence-electron chi connectivity index (χ1n) is 9.36. The van der Waals surface area contributed by atoms with Crippen LogP contribution in [0.5, 0.6) is 0 Å². The molecule has 0 fully saturated rings. The molecular weight excluding hydrogens is 361 g/mol. The number of hydrogen-bond acceptors (Lipinski definition) is 3. The Labute approximate surface area is 166 Å². The van der Waals surface area contributed by atoms with Gasteiger partial charge in [-0.2, -0.15) is 0 Å². The van der Waals surface area contributed by atoms with Gasteiger partial charge in [0.2, 0.25) is 0 Å². The Bertz CT molecular complexity index is 709. The van der Waals surface area contributed by atoms with E-state index in [4.69, 9.17) is 0 Å². The maximum absolute atomic E-state index is 13.2. The van der Waals surface area contributed by atoms with Gasteiger partial charge in [-0.3, -0.25) is 0 Å². The number of unbranched alkanes of at least 4 members (excludes halogenated alkanes) is 1. The van der Waals surface area contributed by atoms with Gasteiger partial charge in [0.1, 0.15) is 6.67 Å². The fourth-order valence-corrected chi connectivity index (χ4v) is 4.29. The standard InChI is InChI=1S/C20H26FNS2.C2H6/c1-5-6-8-14(2)11-18(22-13-17-9-7-10-23-17)20-16(4)15(3)19(12-21)24-20;1-2/h7-11,22H,5-6,12-13H2,1-4H3;1-2H3/b14-8+,18-11+;. The molecule has 0 spiro atoms. The second-order valence-corrected chi connectivity index (χ2v) is 8.10. The zero-order chi connectivity index (χ0) is 19.5. The van der Waals surface area contributed by atoms with Gasteiger partial charge in [-0.1, -0.05) is 44.9 Å². The first kappa shape index (κ1) is 22.7. The molecule has 2 heterocycles. The molecule has 0 saturated carbocycles. The Kier molecular flexibility index (Phi) is 10.5. The van der Waals surface area contributed by atoms with Crippen molar-refractivity contribution in [3.8, 4) is 0 Å². The number of hydrogen-bond donors (Lipinski definition) is 1. The predicted molar refractivity (Wildman–Crippen MR) is 118 cm³/mol. The highest BCUT2D eigenvalue weighted by molar-refractivity contribution is 7.13. The maximum atomic E-state index is 13.2. The van der Waals surface area contributed by atoms with E-state index < -0.39 is 0 Å². The van der Waals surface area contributed by atoms with Gasteiger partial charge in [0.15, 0.2) is 0 Å². The number of halogens is 1. The quantitative estimate of drug-likeness (QED) is 0.451. The molecule has 0 atom stereocenters. The highest BCUT2D eigenvalue weighted by atomic mass is 32.1. The summed E-state index contributed by atoms with van der Waals surface area (Å²) in [6.07, 6.45) is 6.69. The van der Waals surface area contributed by atoms with Crippen LogP contribution in [0.3, 0.4) is 0 Å². The summed E-state index contributed by atoms with van der Waals surface area (Å²) in [6, 6.07) is 4.20. The van der Waals surface area contributed by atoms with Crippen LogP contribution in [0.25, 0.3) is 5.70 Å². The van der Waals surface area contributed by atoms with Crippen molar-refractivity contribution in [1.82, 2.24) is 5.32 Å². The number of nitrogens with one attached hydrogen (secondary N) is 1. The molecule has 0 aromatic carbocycles. The molecule has 144 valence electrons. The van der Waals surface area contributed by atoms with E-state index in [0.717, 1.165) is 40.4 Å². The normalized spacial score (nSPS) is 12.0. The van der Waals surface area contributed by atoms with Crippen molar-refractivity contribution in [3.05, 3.63) is 61.0 Å². The molecule has 4 heteroatoms. The molecule has 0 aliphatic carbocycles. The van der Waals surface area contributed by atoms with Crippen LogP contribution in [0, 0.1) is 13.8 Å². The summed E-state index contributed by atoms with van der Waals surface area (Å²) in [5, 5.41) is 5.66. The second-order valence-electron chi connectivity index (χ2n) is 5.97. The third-order valence-electron chi connectivity index (χ3n) is 4.07. The smallest absolute Gasteiger partial charge is 0.124 e. The Hall–Kier alpha value is -1.39. The van der Waals surface area contributed by atoms with E-state index in [9.17, 15) is 4.39 Å². The van der Waals surface area contributed by atoms with E-state index in [1.165, 1.54) is 16.0 Å². The van der Waals surface area contributed by atoms with Crippen LogP contribution in [0.15, 0.2) is 35.2 Å². The molecule has 1 nitrogen and oxygen atoms in total. The van der Waals surface area contributed by atoms with E-state index in [1.54, 1.807) is 22.7 Å². The minimum atomic E-state index is -0.389. The van der Waals surface area contributed by atoms with E-state index in [2.05, 4.69) is 55.8 Å². The number of rotatable bonds is 8. The average molecular weight is 394 g/mol. The first-order chi connectivity index (χ1) is 12.6. The zero-order valence-corrected chi connectivity index (χ0v) is 18.5. The molecule has 2 aromatic heterocycles. The fourth-order valence-electron chi connectivity index (χ4n) is 2.49. The second kappa shape index (κ2) is 12.1. The third kappa shape index (κ3) is 6.40. The van der Waals surface area contributed by atoms with Crippen LogP contribution >= 0.6 is 22.7 Å². The van der Waals surface area contributed by atoms with Gasteiger partial charge in [0.05, 0.1) is 10.6 Å². The van der Waals surface area contributed by atoms with E-state index in [0.29, 0.717) is 0 Å². The largest absolute Gasteiger partial charge is 0.379 e. The molecular formula is C22H32FNS2. The molecule has 0 amide bonds. The molecule has 0 unspecified atom stereocenters. The molecule has 2 aromatic rings. The highest BCUT2D eigenvalue weighted by Gasteiger charge is 2.15. The first-order valence-corrected chi connectivity index (χ1v) is 11.1. The van der Waals surface area contributed by atoms with Crippen molar-refractivity contribution in [2.24, 2.45) is 0 Å². The van der Waals surface area contributed by atoms with Crippen LogP contribution in [-0.4, -0.2) is 0 Å². The van der Waals surface area contributed by atoms with Gasteiger partial charge in [-0.05, 0) is 55.8 Å². The molecule has 0 radical (unpaired) electrons. The summed E-state index contributed by atoms with van der Waals surface area (Å²) in [4.78, 5) is 3.29. The van der Waals surface area contributed by atoms with Crippen molar-refractivity contribution < 1.29 is 4.39 Å². The summed E-state index contributed by atoms with van der Waals surface area (Å²) in [5.41, 5.74) is 4.61. The van der Waals surface area contributed by atoms with Crippen molar-refractivity contribution >= 4 is 28.4 Å². The Morgan fingerprint density at radius 3 is 2.50 bits per heavy atom. The van der Waals surface area contributed by atoms with E-state index in [-0.39, 0.29) is 6.67 Å². The maximum Gasteiger partial charge on any atom is 0.124 e. The molecule has 0 aliphatic rings. The van der Waals surface area contributed by atoms with Crippen LogP contribution in [0.1, 0.15) is 66.3 Å². The van der Waals surface area contributed by atoms with E-state index >= 15 is 0 Å². The monoisotopic (exact) mass is 393 g/mol. The highest BCUT2D eigenvalue weighted by Crippen LogP contribution is 2.33. The molecule has 26 heavy (non-hydrogen) atoms. The Balaban J connectivity index is 0.00000163. The van der Waals surface area contributed by atoms with Gasteiger partial charge in [0.25, 0.3) is 0 Å². The van der Waals surface area contributed by atoms with Crippen LogP contribution < -0.4 is 5.32 Å². The van der Waals surface area contributed by atoms with Crippen molar-refractivity contribution in [1.29, 1.82) is 0 Å². The van der Waals surface area contributed by atoms with Gasteiger partial charge in [-0.15, -0.1) is 22.7 Å². The summed E-state index contributed by atoms with van der Waals surface area (Å²) in [6.45, 7) is 12.8. The summed E-state index contributed by atoms with van der Waals surface area (Å²) in [5.74, 6) is 0. The topological polar surface area (TPSA) is 12.0 Å². The molecule has 0 aliphatic heterocycles. The molecule has 0 saturated heterocycles. The SMILES string of the molecule is CC.CCC/C=C(C)/C=C(/NCc1cccs1)c1sc(CF)c(C)c1C. The minimum absolute atomic E-state index is 0.389. The van der Waals surface area contributed by atoms with Gasteiger partial charge in [-0.25, -0.2) is 4.39 Å². The summed E-state index contributed by atoms with van der Waals surface area (Å²) < 4.78 is 13.2. The lowest BCUT2D eigenvalue weighted by Crippen LogP contribution is -2.11. The van der Waals surface area contributed by atoms with Gasteiger partial charge < -0.3 is 5.32 Å². The molecule has 2 rings (SSSR count). The van der Waals surface area contributed by atoms with Gasteiger partial charge in [0, 0.05) is 16.3 Å². The van der Waals surface area contributed by atoms with Crippen LogP contribution in [0.2, 0.25) is 0 Å². The summed E-state index contributed by atoms with van der Waals surface area (Å²) in [7, 11) is 0. The third-order valence-corrected chi connectivity index (χ3v) is 6.34. The van der Waals surface area contributed by atoms with Crippen molar-refractivity contribution in [3.63, 3.8) is 0 Å². The lowest BCUT2D eigenvalue weighted by Gasteiger charge is -2.11. The summed E-state index contributed by atoms with van der Waals surface area (Å²) >= 11 is 3.32. The number of alkyl halides is 1. The number of allylic oxidation sites excluding steroid dienone is 3. The van der Waals surface area contributed by atoms with Crippen molar-refractivity contribution in [2.75, 3.05) is 0 Å². The fraction of sp³-hybridized carbons (Fsp3) is 0.455. The number of thiophene rings is 2. The Morgan fingerprint density at radius 2 is 1.96 bits per heavy atom.